The molecule has 0 aliphatic rings. The van der Waals surface area contributed by atoms with Gasteiger partial charge in [-0.3, -0.25) is 4.99 Å². The van der Waals surface area contributed by atoms with Crippen molar-refractivity contribution >= 4 is 6.21 Å². The van der Waals surface area contributed by atoms with Crippen molar-refractivity contribution in [1.82, 2.24) is 0 Å². The monoisotopic (exact) mass is 113 g/mol. The Morgan fingerprint density at radius 3 is 2.00 bits per heavy atom. The molecule has 1 nitrogen and oxygen atoms in total. The smallest absolute Gasteiger partial charge is 0.0520 e. The van der Waals surface area contributed by atoms with Crippen LogP contribution in [0.5, 0.6) is 0 Å². The predicted octanol–water partition coefficient (Wildman–Crippen LogP) is 2.27. The maximum absolute atomic E-state index is 4.25. The highest BCUT2D eigenvalue weighted by molar-refractivity contribution is 5.57. The lowest BCUT2D eigenvalue weighted by Gasteiger charge is -2.09. The Balaban J connectivity index is 3.52. The number of hydrogen-bond acceptors (Lipinski definition) is 1. The molecule has 0 saturated heterocycles. The first-order valence-electron chi connectivity index (χ1n) is 3.10. The summed E-state index contributed by atoms with van der Waals surface area (Å²) in [5.74, 6) is 0. The fourth-order valence-corrected chi connectivity index (χ4v) is 0.365. The van der Waals surface area contributed by atoms with Gasteiger partial charge in [0.05, 0.1) is 5.54 Å². The Bertz CT molecular complexity index is 76.9. The van der Waals surface area contributed by atoms with E-state index >= 15 is 0 Å². The van der Waals surface area contributed by atoms with Gasteiger partial charge in [-0.05, 0) is 33.4 Å². The molecular weight excluding hydrogens is 98.1 g/mol. The summed E-state index contributed by atoms with van der Waals surface area (Å²) in [5.41, 5.74) is 0.121. The van der Waals surface area contributed by atoms with E-state index in [2.05, 4.69) is 32.7 Å². The quantitative estimate of drug-likeness (QED) is 0.462. The minimum Gasteiger partial charge on any atom is -0.292 e. The van der Waals surface area contributed by atoms with E-state index in [1.54, 1.807) is 0 Å². The Morgan fingerprint density at radius 2 is 1.88 bits per heavy atom. The molecule has 0 aromatic carbocycles. The summed E-state index contributed by atoms with van der Waals surface area (Å²) in [6.45, 7) is 8.38. The molecule has 0 atom stereocenters. The summed E-state index contributed by atoms with van der Waals surface area (Å²) in [7, 11) is 0. The molecule has 0 aliphatic carbocycles. The molecule has 0 rings (SSSR count). The van der Waals surface area contributed by atoms with E-state index in [0.717, 1.165) is 6.42 Å². The highest BCUT2D eigenvalue weighted by atomic mass is 14.8. The van der Waals surface area contributed by atoms with E-state index in [1.165, 1.54) is 0 Å². The second-order valence-corrected chi connectivity index (χ2v) is 2.89. The van der Waals surface area contributed by atoms with Gasteiger partial charge in [-0.15, -0.1) is 0 Å². The van der Waals surface area contributed by atoms with E-state index in [-0.39, 0.29) is 5.54 Å². The molecule has 0 aromatic rings. The fourth-order valence-electron chi connectivity index (χ4n) is 0.365. The number of nitrogens with zero attached hydrogens (tertiary/aromatic N) is 1. The van der Waals surface area contributed by atoms with Crippen molar-refractivity contribution in [2.75, 3.05) is 0 Å². The van der Waals surface area contributed by atoms with E-state index in [9.17, 15) is 0 Å². The van der Waals surface area contributed by atoms with Crippen LogP contribution < -0.4 is 0 Å². The zero-order valence-corrected chi connectivity index (χ0v) is 6.23. The Kier molecular flexibility index (Phi) is 2.74. The van der Waals surface area contributed by atoms with Crippen molar-refractivity contribution < 1.29 is 0 Å². The predicted molar refractivity (Wildman–Crippen MR) is 38.5 cm³/mol. The molecule has 0 aliphatic heterocycles. The third-order valence-corrected chi connectivity index (χ3v) is 0.661. The van der Waals surface area contributed by atoms with Gasteiger partial charge in [-0.1, -0.05) is 6.92 Å². The SMILES string of the molecule is CC/C=N/C(C)(C)C. The van der Waals surface area contributed by atoms with Crippen molar-refractivity contribution in [1.29, 1.82) is 0 Å². The van der Waals surface area contributed by atoms with Crippen LogP contribution in [0, 0.1) is 0 Å². The zero-order valence-electron chi connectivity index (χ0n) is 6.23. The number of aliphatic imine (C=N–C) groups is 1. The molecule has 0 bridgehead atoms. The van der Waals surface area contributed by atoms with Gasteiger partial charge in [0, 0.05) is 0 Å². The first-order valence-corrected chi connectivity index (χ1v) is 3.10. The highest BCUT2D eigenvalue weighted by Crippen LogP contribution is 2.04. The normalized spacial score (nSPS) is 13.0. The van der Waals surface area contributed by atoms with E-state index < -0.39 is 0 Å². The van der Waals surface area contributed by atoms with Crippen molar-refractivity contribution in [3.05, 3.63) is 0 Å². The van der Waals surface area contributed by atoms with Crippen LogP contribution in [-0.4, -0.2) is 11.8 Å². The molecule has 0 N–H and O–H groups in total. The lowest BCUT2D eigenvalue weighted by molar-refractivity contribution is 0.585. The van der Waals surface area contributed by atoms with Crippen molar-refractivity contribution in [3.63, 3.8) is 0 Å². The van der Waals surface area contributed by atoms with Crippen LogP contribution in [0.15, 0.2) is 4.99 Å². The Labute approximate surface area is 51.8 Å². The summed E-state index contributed by atoms with van der Waals surface area (Å²) >= 11 is 0. The van der Waals surface area contributed by atoms with Gasteiger partial charge in [0.15, 0.2) is 0 Å². The number of hydrogen-bond donors (Lipinski definition) is 0. The van der Waals surface area contributed by atoms with Gasteiger partial charge in [-0.2, -0.15) is 0 Å². The molecule has 0 saturated carbocycles. The topological polar surface area (TPSA) is 12.4 Å². The van der Waals surface area contributed by atoms with Gasteiger partial charge >= 0.3 is 0 Å². The molecule has 0 spiro atoms. The third kappa shape index (κ3) is 5.67. The van der Waals surface area contributed by atoms with Gasteiger partial charge in [-0.25, -0.2) is 0 Å². The largest absolute Gasteiger partial charge is 0.292 e. The molecule has 48 valence electrons. The van der Waals surface area contributed by atoms with Crippen LogP contribution in [0.25, 0.3) is 0 Å². The molecule has 0 unspecified atom stereocenters. The van der Waals surface area contributed by atoms with Crippen LogP contribution in [-0.2, 0) is 0 Å². The average Bonchev–Trinajstić information content (AvgIpc) is 1.59. The van der Waals surface area contributed by atoms with E-state index in [0.29, 0.717) is 0 Å². The summed E-state index contributed by atoms with van der Waals surface area (Å²) in [6.07, 6.45) is 3.00. The van der Waals surface area contributed by atoms with Crippen molar-refractivity contribution in [2.24, 2.45) is 4.99 Å². The average molecular weight is 113 g/mol. The van der Waals surface area contributed by atoms with E-state index in [4.69, 9.17) is 0 Å². The minimum absolute atomic E-state index is 0.121. The summed E-state index contributed by atoms with van der Waals surface area (Å²) in [4.78, 5) is 4.25. The Hall–Kier alpha value is -0.330. The van der Waals surface area contributed by atoms with Gasteiger partial charge in [0.25, 0.3) is 0 Å². The van der Waals surface area contributed by atoms with Gasteiger partial charge < -0.3 is 0 Å². The standard InChI is InChI=1S/C7H15N/c1-5-6-8-7(2,3)4/h6H,5H2,1-4H3/b8-6+. The molecule has 8 heavy (non-hydrogen) atoms. The first-order chi connectivity index (χ1) is 3.56. The third-order valence-electron chi connectivity index (χ3n) is 0.661. The van der Waals surface area contributed by atoms with Crippen molar-refractivity contribution in [3.8, 4) is 0 Å². The fraction of sp³-hybridized carbons (Fsp3) is 0.857. The van der Waals surface area contributed by atoms with Gasteiger partial charge in [0.2, 0.25) is 0 Å². The lowest BCUT2D eigenvalue weighted by atomic mass is 10.1. The summed E-state index contributed by atoms with van der Waals surface area (Å²) < 4.78 is 0. The molecule has 0 amide bonds. The maximum Gasteiger partial charge on any atom is 0.0520 e. The Morgan fingerprint density at radius 1 is 1.38 bits per heavy atom. The molecule has 0 heterocycles. The van der Waals surface area contributed by atoms with Crippen LogP contribution in [0.1, 0.15) is 34.1 Å². The molecular formula is C7H15N. The van der Waals surface area contributed by atoms with Crippen LogP contribution >= 0.6 is 0 Å². The lowest BCUT2D eigenvalue weighted by Crippen LogP contribution is -2.08. The molecule has 0 radical (unpaired) electrons. The maximum atomic E-state index is 4.25. The van der Waals surface area contributed by atoms with Crippen LogP contribution in [0.2, 0.25) is 0 Å². The van der Waals surface area contributed by atoms with E-state index in [1.807, 2.05) is 6.21 Å². The van der Waals surface area contributed by atoms with Gasteiger partial charge in [0.1, 0.15) is 0 Å². The second kappa shape index (κ2) is 2.85. The molecule has 0 aromatic heterocycles. The molecule has 1 heteroatoms. The van der Waals surface area contributed by atoms with Crippen LogP contribution in [0.4, 0.5) is 0 Å². The first kappa shape index (κ1) is 7.67. The summed E-state index contributed by atoms with van der Waals surface area (Å²) in [6, 6.07) is 0. The minimum atomic E-state index is 0.121. The zero-order chi connectivity index (χ0) is 6.62. The van der Waals surface area contributed by atoms with Crippen molar-refractivity contribution in [2.45, 2.75) is 39.7 Å². The summed E-state index contributed by atoms with van der Waals surface area (Å²) in [5, 5.41) is 0. The van der Waals surface area contributed by atoms with Crippen LogP contribution in [0.3, 0.4) is 0 Å². The number of rotatable bonds is 1. The molecule has 0 fully saturated rings. The highest BCUT2D eigenvalue weighted by Gasteiger charge is 2.02. The second-order valence-electron chi connectivity index (χ2n) is 2.89.